The predicted molar refractivity (Wildman–Crippen MR) is 98.8 cm³/mol. The lowest BCUT2D eigenvalue weighted by Gasteiger charge is -2.12. The molecule has 2 aromatic carbocycles. The number of ether oxygens (including phenoxy) is 2. The molecule has 0 spiro atoms. The van der Waals surface area contributed by atoms with E-state index in [4.69, 9.17) is 21.7 Å². The van der Waals surface area contributed by atoms with E-state index in [1.165, 1.54) is 11.0 Å². The lowest BCUT2D eigenvalue weighted by atomic mass is 10.2. The lowest BCUT2D eigenvalue weighted by Crippen LogP contribution is -2.00. The summed E-state index contributed by atoms with van der Waals surface area (Å²) in [4.78, 5) is 0. The third-order valence-electron chi connectivity index (χ3n) is 3.37. The van der Waals surface area contributed by atoms with Gasteiger partial charge in [-0.3, -0.25) is 5.10 Å². The van der Waals surface area contributed by atoms with Crippen LogP contribution in [0.3, 0.4) is 0 Å². The number of nitrogens with zero attached hydrogens (tertiary/aromatic N) is 3. The Morgan fingerprint density at radius 1 is 1.16 bits per heavy atom. The molecule has 1 N–H and O–H groups in total. The van der Waals surface area contributed by atoms with Crippen LogP contribution in [0.15, 0.2) is 60.0 Å². The summed E-state index contributed by atoms with van der Waals surface area (Å²) in [5.74, 6) is 1.38. The highest BCUT2D eigenvalue weighted by Gasteiger charge is 2.06. The van der Waals surface area contributed by atoms with E-state index >= 15 is 0 Å². The molecule has 1 aromatic heterocycles. The minimum Gasteiger partial charge on any atom is -0.490 e. The largest absolute Gasteiger partial charge is 0.490 e. The van der Waals surface area contributed by atoms with Crippen molar-refractivity contribution in [3.8, 4) is 11.5 Å². The van der Waals surface area contributed by atoms with Crippen molar-refractivity contribution in [2.75, 3.05) is 6.61 Å². The van der Waals surface area contributed by atoms with Crippen LogP contribution >= 0.6 is 12.2 Å². The van der Waals surface area contributed by atoms with Gasteiger partial charge in [0.05, 0.1) is 12.8 Å². The smallest absolute Gasteiger partial charge is 0.216 e. The van der Waals surface area contributed by atoms with Crippen molar-refractivity contribution >= 4 is 18.4 Å². The van der Waals surface area contributed by atoms with E-state index in [9.17, 15) is 0 Å². The fraction of sp³-hybridized carbons (Fsp3) is 0.167. The lowest BCUT2D eigenvalue weighted by molar-refractivity contribution is 0.269. The average molecular weight is 354 g/mol. The van der Waals surface area contributed by atoms with Gasteiger partial charge in [-0.05, 0) is 48.5 Å². The first-order valence-electron chi connectivity index (χ1n) is 7.86. The number of hydrogen-bond donors (Lipinski definition) is 1. The van der Waals surface area contributed by atoms with E-state index in [0.717, 1.165) is 11.1 Å². The Bertz CT molecular complexity index is 903. The van der Waals surface area contributed by atoms with E-state index in [1.807, 2.05) is 55.5 Å². The van der Waals surface area contributed by atoms with Crippen molar-refractivity contribution in [2.45, 2.75) is 13.5 Å². The molecule has 6 nitrogen and oxygen atoms in total. The van der Waals surface area contributed by atoms with Crippen LogP contribution in [0.5, 0.6) is 11.5 Å². The standard InChI is InChI=1S/C18H18N4O2S/c1-2-23-17-10-15(11-20-22-13-19-21-18(22)25)8-9-16(17)24-12-14-6-4-3-5-7-14/h3-11,13H,2,12H2,1H3,(H,21,25)/b20-11-. The highest BCUT2D eigenvalue weighted by Crippen LogP contribution is 2.28. The molecule has 7 heteroatoms. The molecule has 0 amide bonds. The molecular weight excluding hydrogens is 336 g/mol. The summed E-state index contributed by atoms with van der Waals surface area (Å²) in [5, 5.41) is 10.7. The van der Waals surface area contributed by atoms with Crippen LogP contribution in [0.25, 0.3) is 0 Å². The maximum Gasteiger partial charge on any atom is 0.216 e. The highest BCUT2D eigenvalue weighted by molar-refractivity contribution is 7.71. The van der Waals surface area contributed by atoms with Crippen LogP contribution in [0.4, 0.5) is 0 Å². The number of nitrogens with one attached hydrogen (secondary N) is 1. The fourth-order valence-corrected chi connectivity index (χ4v) is 2.33. The number of rotatable bonds is 7. The van der Waals surface area contributed by atoms with Crippen LogP contribution in [-0.4, -0.2) is 27.7 Å². The molecule has 0 radical (unpaired) electrons. The molecule has 0 fully saturated rings. The van der Waals surface area contributed by atoms with Crippen molar-refractivity contribution in [1.29, 1.82) is 0 Å². The van der Waals surface area contributed by atoms with Gasteiger partial charge in [0, 0.05) is 0 Å². The van der Waals surface area contributed by atoms with Crippen molar-refractivity contribution in [3.63, 3.8) is 0 Å². The van der Waals surface area contributed by atoms with Crippen molar-refractivity contribution in [3.05, 3.63) is 70.8 Å². The molecule has 1 heterocycles. The van der Waals surface area contributed by atoms with Crippen molar-refractivity contribution in [1.82, 2.24) is 14.9 Å². The van der Waals surface area contributed by atoms with Gasteiger partial charge >= 0.3 is 0 Å². The van der Waals surface area contributed by atoms with Crippen LogP contribution in [0.1, 0.15) is 18.1 Å². The van der Waals surface area contributed by atoms with Gasteiger partial charge < -0.3 is 9.47 Å². The molecule has 0 aliphatic rings. The van der Waals surface area contributed by atoms with E-state index in [2.05, 4.69) is 15.3 Å². The highest BCUT2D eigenvalue weighted by atomic mass is 32.1. The first-order valence-corrected chi connectivity index (χ1v) is 8.27. The summed E-state index contributed by atoms with van der Waals surface area (Å²) in [6.45, 7) is 2.97. The van der Waals surface area contributed by atoms with Crippen LogP contribution < -0.4 is 9.47 Å². The Morgan fingerprint density at radius 2 is 2.00 bits per heavy atom. The summed E-state index contributed by atoms with van der Waals surface area (Å²) in [7, 11) is 0. The van der Waals surface area contributed by atoms with E-state index in [-0.39, 0.29) is 0 Å². The average Bonchev–Trinajstić information content (AvgIpc) is 3.05. The first kappa shape index (κ1) is 16.9. The molecule has 0 saturated carbocycles. The van der Waals surface area contributed by atoms with Gasteiger partial charge in [0.25, 0.3) is 0 Å². The molecule has 3 aromatic rings. The monoisotopic (exact) mass is 354 g/mol. The minimum absolute atomic E-state index is 0.434. The number of aromatic nitrogens is 3. The minimum atomic E-state index is 0.434. The fourth-order valence-electron chi connectivity index (χ4n) is 2.18. The van der Waals surface area contributed by atoms with Gasteiger partial charge in [-0.2, -0.15) is 14.9 Å². The Morgan fingerprint density at radius 3 is 2.72 bits per heavy atom. The number of benzene rings is 2. The second kappa shape index (κ2) is 8.25. The second-order valence-electron chi connectivity index (χ2n) is 5.16. The summed E-state index contributed by atoms with van der Waals surface area (Å²) < 4.78 is 13.5. The number of hydrogen-bond acceptors (Lipinski definition) is 5. The molecule has 0 aliphatic heterocycles. The molecule has 0 saturated heterocycles. The Kier molecular flexibility index (Phi) is 5.58. The summed E-state index contributed by atoms with van der Waals surface area (Å²) >= 11 is 5.06. The molecule has 0 aliphatic carbocycles. The van der Waals surface area contributed by atoms with Crippen LogP contribution in [0, 0.1) is 4.77 Å². The van der Waals surface area contributed by atoms with Gasteiger partial charge in [-0.15, -0.1) is 0 Å². The molecule has 0 unspecified atom stereocenters. The zero-order valence-corrected chi connectivity index (χ0v) is 14.6. The Hall–Kier alpha value is -2.93. The van der Waals surface area contributed by atoms with E-state index < -0.39 is 0 Å². The van der Waals surface area contributed by atoms with Gasteiger partial charge in [0.2, 0.25) is 4.77 Å². The summed E-state index contributed by atoms with van der Waals surface area (Å²) in [5.41, 5.74) is 1.98. The second-order valence-corrected chi connectivity index (χ2v) is 5.55. The van der Waals surface area contributed by atoms with Gasteiger partial charge in [0.1, 0.15) is 12.9 Å². The predicted octanol–water partition coefficient (Wildman–Crippen LogP) is 3.80. The zero-order chi connectivity index (χ0) is 17.5. The first-order chi connectivity index (χ1) is 12.3. The van der Waals surface area contributed by atoms with Crippen LogP contribution in [0.2, 0.25) is 0 Å². The SMILES string of the molecule is CCOc1cc(/C=N\n2cn[nH]c2=S)ccc1OCc1ccccc1. The molecule has 3 rings (SSSR count). The third-order valence-corrected chi connectivity index (χ3v) is 3.65. The van der Waals surface area contributed by atoms with Gasteiger partial charge in [-0.25, -0.2) is 0 Å². The van der Waals surface area contributed by atoms with E-state index in [1.54, 1.807) is 6.21 Å². The van der Waals surface area contributed by atoms with Crippen molar-refractivity contribution in [2.24, 2.45) is 5.10 Å². The molecular formula is C18H18N4O2S. The van der Waals surface area contributed by atoms with E-state index in [0.29, 0.717) is 29.5 Å². The maximum absolute atomic E-state index is 5.89. The summed E-state index contributed by atoms with van der Waals surface area (Å²) in [6.07, 6.45) is 3.20. The Balaban J connectivity index is 1.76. The summed E-state index contributed by atoms with van der Waals surface area (Å²) in [6, 6.07) is 15.7. The normalized spacial score (nSPS) is 10.9. The molecule has 0 atom stereocenters. The number of H-pyrrole nitrogens is 1. The molecule has 25 heavy (non-hydrogen) atoms. The number of aromatic amines is 1. The van der Waals surface area contributed by atoms with Gasteiger partial charge in [-0.1, -0.05) is 30.3 Å². The molecule has 128 valence electrons. The zero-order valence-electron chi connectivity index (χ0n) is 13.8. The quantitative estimate of drug-likeness (QED) is 0.518. The van der Waals surface area contributed by atoms with Crippen molar-refractivity contribution < 1.29 is 9.47 Å². The molecule has 0 bridgehead atoms. The Labute approximate surface area is 150 Å². The van der Waals surface area contributed by atoms with Crippen LogP contribution in [-0.2, 0) is 6.61 Å². The maximum atomic E-state index is 5.89. The van der Waals surface area contributed by atoms with Gasteiger partial charge in [0.15, 0.2) is 11.5 Å². The third kappa shape index (κ3) is 4.54. The topological polar surface area (TPSA) is 64.4 Å².